The molecule has 1 aliphatic carbocycles. The molecule has 0 atom stereocenters. The molecule has 0 heterocycles. The van der Waals surface area contributed by atoms with E-state index in [0.29, 0.717) is 0 Å². The molecular weight excluding hydrogens is 118 g/mol. The standard InChI is InChI=1S/C6H9NS/c7-8-6-4-2-1-3-5-6/h1-2,4H,3,5,7H2. The number of nitrogens with two attached hydrogens (primary N) is 1. The fraction of sp³-hybridized carbons (Fsp3) is 0.333. The molecule has 0 radical (unpaired) electrons. The summed E-state index contributed by atoms with van der Waals surface area (Å²) in [5.74, 6) is 0. The first-order valence-corrected chi connectivity index (χ1v) is 3.54. The molecule has 0 aromatic carbocycles. The van der Waals surface area contributed by atoms with E-state index in [-0.39, 0.29) is 0 Å². The third kappa shape index (κ3) is 1.39. The fourth-order valence-electron chi connectivity index (χ4n) is 0.679. The normalized spacial score (nSPS) is 18.4. The maximum Gasteiger partial charge on any atom is 0.000400 e. The second-order valence-corrected chi connectivity index (χ2v) is 2.48. The third-order valence-corrected chi connectivity index (χ3v) is 1.77. The SMILES string of the molecule is NSC1=CC=CCC1. The quantitative estimate of drug-likeness (QED) is 0.544. The number of allylic oxidation sites excluding steroid dienone is 4. The maximum atomic E-state index is 5.32. The van der Waals surface area contributed by atoms with Gasteiger partial charge in [-0.25, -0.2) is 0 Å². The number of hydrogen-bond acceptors (Lipinski definition) is 2. The molecule has 8 heavy (non-hydrogen) atoms. The Morgan fingerprint density at radius 3 is 2.88 bits per heavy atom. The molecule has 0 amide bonds. The van der Waals surface area contributed by atoms with Crippen molar-refractivity contribution in [3.8, 4) is 0 Å². The van der Waals surface area contributed by atoms with Gasteiger partial charge in [0.15, 0.2) is 0 Å². The summed E-state index contributed by atoms with van der Waals surface area (Å²) in [5, 5.41) is 5.32. The van der Waals surface area contributed by atoms with Crippen LogP contribution in [-0.2, 0) is 0 Å². The molecule has 0 spiro atoms. The van der Waals surface area contributed by atoms with Crippen LogP contribution in [0, 0.1) is 0 Å². The fourth-order valence-corrected chi connectivity index (χ4v) is 1.07. The summed E-state index contributed by atoms with van der Waals surface area (Å²) < 4.78 is 0. The zero-order valence-corrected chi connectivity index (χ0v) is 5.45. The van der Waals surface area contributed by atoms with Crippen molar-refractivity contribution >= 4 is 11.9 Å². The summed E-state index contributed by atoms with van der Waals surface area (Å²) in [6.45, 7) is 0. The highest BCUT2D eigenvalue weighted by atomic mass is 32.2. The van der Waals surface area contributed by atoms with Gasteiger partial charge in [-0.05, 0) is 12.8 Å². The van der Waals surface area contributed by atoms with Gasteiger partial charge in [-0.15, -0.1) is 0 Å². The molecule has 1 aliphatic rings. The highest BCUT2D eigenvalue weighted by molar-refractivity contribution is 8.00. The zero-order valence-electron chi connectivity index (χ0n) is 4.63. The molecule has 0 saturated carbocycles. The largest absolute Gasteiger partial charge is 0.274 e. The molecule has 2 heteroatoms. The molecule has 2 N–H and O–H groups in total. The molecule has 1 rings (SSSR count). The predicted molar refractivity (Wildman–Crippen MR) is 38.2 cm³/mol. The molecular formula is C6H9NS. The summed E-state index contributed by atoms with van der Waals surface area (Å²) in [7, 11) is 0. The van der Waals surface area contributed by atoms with Crippen molar-refractivity contribution in [2.75, 3.05) is 0 Å². The molecule has 0 saturated heterocycles. The summed E-state index contributed by atoms with van der Waals surface area (Å²) in [4.78, 5) is 1.28. The van der Waals surface area contributed by atoms with Gasteiger partial charge in [-0.1, -0.05) is 30.2 Å². The molecule has 1 nitrogen and oxygen atoms in total. The van der Waals surface area contributed by atoms with Crippen LogP contribution in [0.15, 0.2) is 23.1 Å². The Balaban J connectivity index is 2.50. The first-order chi connectivity index (χ1) is 3.93. The lowest BCUT2D eigenvalue weighted by Gasteiger charge is -2.02. The van der Waals surface area contributed by atoms with Crippen LogP contribution in [0.2, 0.25) is 0 Å². The molecule has 0 aliphatic heterocycles. The van der Waals surface area contributed by atoms with Crippen LogP contribution in [0.25, 0.3) is 0 Å². The van der Waals surface area contributed by atoms with Gasteiger partial charge in [0.05, 0.1) is 0 Å². The average molecular weight is 127 g/mol. The van der Waals surface area contributed by atoms with Crippen molar-refractivity contribution in [1.82, 2.24) is 0 Å². The lowest BCUT2D eigenvalue weighted by atomic mass is 10.2. The van der Waals surface area contributed by atoms with Crippen molar-refractivity contribution in [3.63, 3.8) is 0 Å². The average Bonchev–Trinajstić information content (AvgIpc) is 1.90. The van der Waals surface area contributed by atoms with E-state index >= 15 is 0 Å². The first kappa shape index (κ1) is 5.92. The minimum absolute atomic E-state index is 1.12. The summed E-state index contributed by atoms with van der Waals surface area (Å²) in [6.07, 6.45) is 8.54. The van der Waals surface area contributed by atoms with Gasteiger partial charge in [0, 0.05) is 4.91 Å². The van der Waals surface area contributed by atoms with E-state index in [1.165, 1.54) is 16.9 Å². The smallest absolute Gasteiger partial charge is 0.000400 e. The molecule has 0 aromatic heterocycles. The van der Waals surface area contributed by atoms with Gasteiger partial charge in [0.25, 0.3) is 0 Å². The van der Waals surface area contributed by atoms with E-state index in [1.807, 2.05) is 0 Å². The predicted octanol–water partition coefficient (Wildman–Crippen LogP) is 1.83. The van der Waals surface area contributed by atoms with Crippen LogP contribution < -0.4 is 5.14 Å². The Bertz CT molecular complexity index is 126. The number of hydrogen-bond donors (Lipinski definition) is 1. The minimum atomic E-state index is 1.12. The third-order valence-electron chi connectivity index (χ3n) is 1.13. The van der Waals surface area contributed by atoms with Crippen LogP contribution in [-0.4, -0.2) is 0 Å². The highest BCUT2D eigenvalue weighted by Gasteiger charge is 1.94. The lowest BCUT2D eigenvalue weighted by molar-refractivity contribution is 1.02. The summed E-state index contributed by atoms with van der Waals surface area (Å²) in [5.41, 5.74) is 0. The van der Waals surface area contributed by atoms with Gasteiger partial charge >= 0.3 is 0 Å². The lowest BCUT2D eigenvalue weighted by Crippen LogP contribution is -1.85. The van der Waals surface area contributed by atoms with Gasteiger partial charge in [0.1, 0.15) is 0 Å². The second-order valence-electron chi connectivity index (χ2n) is 1.72. The molecule has 0 aromatic rings. The zero-order chi connectivity index (χ0) is 5.82. The van der Waals surface area contributed by atoms with Gasteiger partial charge in [-0.2, -0.15) is 0 Å². The summed E-state index contributed by atoms with van der Waals surface area (Å²) >= 11 is 1.36. The number of rotatable bonds is 1. The first-order valence-electron chi connectivity index (χ1n) is 2.66. The van der Waals surface area contributed by atoms with Crippen LogP contribution in [0.4, 0.5) is 0 Å². The molecule has 0 fully saturated rings. The van der Waals surface area contributed by atoms with E-state index in [2.05, 4.69) is 18.2 Å². The Hall–Kier alpha value is -0.210. The second kappa shape index (κ2) is 2.95. The topological polar surface area (TPSA) is 26.0 Å². The Morgan fingerprint density at radius 2 is 2.50 bits per heavy atom. The van der Waals surface area contributed by atoms with Crippen LogP contribution >= 0.6 is 11.9 Å². The van der Waals surface area contributed by atoms with Crippen molar-refractivity contribution in [3.05, 3.63) is 23.1 Å². The molecule has 44 valence electrons. The van der Waals surface area contributed by atoms with E-state index in [9.17, 15) is 0 Å². The highest BCUT2D eigenvalue weighted by Crippen LogP contribution is 2.18. The van der Waals surface area contributed by atoms with Gasteiger partial charge in [0.2, 0.25) is 0 Å². The van der Waals surface area contributed by atoms with Crippen molar-refractivity contribution < 1.29 is 0 Å². The van der Waals surface area contributed by atoms with Crippen molar-refractivity contribution in [2.45, 2.75) is 12.8 Å². The Morgan fingerprint density at radius 1 is 1.62 bits per heavy atom. The van der Waals surface area contributed by atoms with Gasteiger partial charge < -0.3 is 0 Å². The van der Waals surface area contributed by atoms with Crippen molar-refractivity contribution in [2.24, 2.45) is 5.14 Å². The van der Waals surface area contributed by atoms with E-state index in [0.717, 1.165) is 12.8 Å². The van der Waals surface area contributed by atoms with E-state index in [4.69, 9.17) is 5.14 Å². The molecule has 0 unspecified atom stereocenters. The maximum absolute atomic E-state index is 5.32. The Labute approximate surface area is 53.8 Å². The molecule has 0 bridgehead atoms. The van der Waals surface area contributed by atoms with E-state index in [1.54, 1.807) is 0 Å². The van der Waals surface area contributed by atoms with Crippen LogP contribution in [0.1, 0.15) is 12.8 Å². The summed E-state index contributed by atoms with van der Waals surface area (Å²) in [6, 6.07) is 0. The van der Waals surface area contributed by atoms with Crippen molar-refractivity contribution in [1.29, 1.82) is 0 Å². The van der Waals surface area contributed by atoms with Gasteiger partial charge in [-0.3, -0.25) is 5.14 Å². The van der Waals surface area contributed by atoms with E-state index < -0.39 is 0 Å². The van der Waals surface area contributed by atoms with Crippen LogP contribution in [0.5, 0.6) is 0 Å². The Kier molecular flexibility index (Phi) is 2.18. The monoisotopic (exact) mass is 127 g/mol. The minimum Gasteiger partial charge on any atom is -0.274 e. The van der Waals surface area contributed by atoms with Crippen LogP contribution in [0.3, 0.4) is 0 Å².